The van der Waals surface area contributed by atoms with Gasteiger partial charge < -0.3 is 10.6 Å². The van der Waals surface area contributed by atoms with E-state index in [2.05, 4.69) is 4.98 Å². The minimum Gasteiger partial charge on any atom is -0.334 e. The fourth-order valence-electron chi connectivity index (χ4n) is 1.85. The van der Waals surface area contributed by atoms with Crippen molar-refractivity contribution in [1.82, 2.24) is 9.88 Å². The van der Waals surface area contributed by atoms with Crippen LogP contribution in [0.2, 0.25) is 0 Å². The Morgan fingerprint density at radius 2 is 2.18 bits per heavy atom. The lowest BCUT2D eigenvalue weighted by atomic mass is 10.2. The van der Waals surface area contributed by atoms with Crippen LogP contribution >= 0.6 is 0 Å². The van der Waals surface area contributed by atoms with Gasteiger partial charge in [-0.3, -0.25) is 9.78 Å². The Labute approximate surface area is 102 Å². The zero-order valence-electron chi connectivity index (χ0n) is 10.2. The van der Waals surface area contributed by atoms with Gasteiger partial charge in [-0.05, 0) is 37.0 Å². The van der Waals surface area contributed by atoms with E-state index in [-0.39, 0.29) is 11.9 Å². The Balaban J connectivity index is 2.05. The zero-order chi connectivity index (χ0) is 12.3. The molecule has 1 aromatic rings. The van der Waals surface area contributed by atoms with Crippen molar-refractivity contribution in [2.75, 3.05) is 0 Å². The normalized spacial score (nSPS) is 16.6. The fraction of sp³-hybridized carbons (Fsp3) is 0.538. The van der Waals surface area contributed by atoms with Crippen molar-refractivity contribution >= 4 is 5.91 Å². The maximum Gasteiger partial charge on any atom is 0.240 e. The zero-order valence-corrected chi connectivity index (χ0v) is 10.2. The number of hydrogen-bond acceptors (Lipinski definition) is 3. The van der Waals surface area contributed by atoms with E-state index in [4.69, 9.17) is 5.73 Å². The van der Waals surface area contributed by atoms with E-state index in [1.54, 1.807) is 12.4 Å². The summed E-state index contributed by atoms with van der Waals surface area (Å²) in [5.74, 6) is 0.0758. The second kappa shape index (κ2) is 5.27. The van der Waals surface area contributed by atoms with Gasteiger partial charge in [0.2, 0.25) is 5.91 Å². The van der Waals surface area contributed by atoms with E-state index < -0.39 is 0 Å². The molecular weight excluding hydrogens is 214 g/mol. The van der Waals surface area contributed by atoms with Crippen molar-refractivity contribution in [2.24, 2.45) is 5.73 Å². The molecule has 0 saturated heterocycles. The summed E-state index contributed by atoms with van der Waals surface area (Å²) in [7, 11) is 0. The van der Waals surface area contributed by atoms with Crippen LogP contribution in [0.15, 0.2) is 24.5 Å². The van der Waals surface area contributed by atoms with E-state index in [0.29, 0.717) is 19.0 Å². The predicted molar refractivity (Wildman–Crippen MR) is 66.1 cm³/mol. The lowest BCUT2D eigenvalue weighted by molar-refractivity contribution is -0.133. The molecule has 1 amide bonds. The van der Waals surface area contributed by atoms with Gasteiger partial charge in [-0.15, -0.1) is 0 Å². The first-order valence-corrected chi connectivity index (χ1v) is 6.17. The van der Waals surface area contributed by atoms with Gasteiger partial charge in [0.05, 0.1) is 6.04 Å². The number of rotatable bonds is 5. The molecule has 4 heteroatoms. The number of pyridine rings is 1. The van der Waals surface area contributed by atoms with E-state index in [1.165, 1.54) is 0 Å². The Morgan fingerprint density at radius 1 is 1.53 bits per heavy atom. The summed E-state index contributed by atoms with van der Waals surface area (Å²) in [5, 5.41) is 0. The minimum absolute atomic E-state index is 0.0758. The first-order chi connectivity index (χ1) is 8.22. The standard InChI is InChI=1S/C13H19N3O/c1-2-12(14)13(17)16(11-3-4-11)9-10-5-7-15-8-6-10/h5-8,11-12H,2-4,9,14H2,1H3/t12-/m0/s1. The third-order valence-corrected chi connectivity index (χ3v) is 3.13. The average molecular weight is 233 g/mol. The van der Waals surface area contributed by atoms with Crippen LogP contribution in [0.5, 0.6) is 0 Å². The van der Waals surface area contributed by atoms with Crippen molar-refractivity contribution in [3.8, 4) is 0 Å². The maximum absolute atomic E-state index is 12.1. The van der Waals surface area contributed by atoms with Crippen LogP contribution < -0.4 is 5.73 Å². The number of nitrogens with two attached hydrogens (primary N) is 1. The molecule has 2 rings (SSSR count). The third kappa shape index (κ3) is 3.03. The van der Waals surface area contributed by atoms with Gasteiger partial charge in [0, 0.05) is 25.0 Å². The molecule has 1 aromatic heterocycles. The van der Waals surface area contributed by atoms with E-state index in [1.807, 2.05) is 24.0 Å². The molecule has 1 fully saturated rings. The Bertz CT molecular complexity index is 376. The van der Waals surface area contributed by atoms with Crippen LogP contribution in [0.25, 0.3) is 0 Å². The van der Waals surface area contributed by atoms with E-state index in [0.717, 1.165) is 18.4 Å². The molecule has 1 aliphatic carbocycles. The van der Waals surface area contributed by atoms with Gasteiger partial charge in [-0.1, -0.05) is 6.92 Å². The molecule has 0 aliphatic heterocycles. The molecule has 2 N–H and O–H groups in total. The van der Waals surface area contributed by atoms with Crippen molar-refractivity contribution in [2.45, 2.75) is 44.8 Å². The highest BCUT2D eigenvalue weighted by Crippen LogP contribution is 2.28. The van der Waals surface area contributed by atoms with Crippen LogP contribution in [-0.2, 0) is 11.3 Å². The van der Waals surface area contributed by atoms with Crippen molar-refractivity contribution in [3.05, 3.63) is 30.1 Å². The van der Waals surface area contributed by atoms with Crippen LogP contribution in [0.4, 0.5) is 0 Å². The van der Waals surface area contributed by atoms with Gasteiger partial charge in [-0.2, -0.15) is 0 Å². The highest BCUT2D eigenvalue weighted by atomic mass is 16.2. The molecule has 0 radical (unpaired) electrons. The molecular formula is C13H19N3O. The second-order valence-electron chi connectivity index (χ2n) is 4.57. The van der Waals surface area contributed by atoms with Crippen molar-refractivity contribution in [1.29, 1.82) is 0 Å². The SMILES string of the molecule is CC[C@H](N)C(=O)N(Cc1ccncc1)C1CC1. The summed E-state index contributed by atoms with van der Waals surface area (Å²) in [5.41, 5.74) is 6.95. The largest absolute Gasteiger partial charge is 0.334 e. The predicted octanol–water partition coefficient (Wildman–Crippen LogP) is 1.31. The first-order valence-electron chi connectivity index (χ1n) is 6.17. The molecule has 92 valence electrons. The molecule has 0 unspecified atom stereocenters. The molecule has 0 spiro atoms. The lowest BCUT2D eigenvalue weighted by Crippen LogP contribution is -2.44. The Hall–Kier alpha value is -1.42. The quantitative estimate of drug-likeness (QED) is 0.834. The molecule has 17 heavy (non-hydrogen) atoms. The topological polar surface area (TPSA) is 59.2 Å². The number of nitrogens with zero attached hydrogens (tertiary/aromatic N) is 2. The van der Waals surface area contributed by atoms with Crippen molar-refractivity contribution in [3.63, 3.8) is 0 Å². The summed E-state index contributed by atoms with van der Waals surface area (Å²) < 4.78 is 0. The number of carbonyl (C=O) groups excluding carboxylic acids is 1. The van der Waals surface area contributed by atoms with Gasteiger partial charge in [0.25, 0.3) is 0 Å². The monoisotopic (exact) mass is 233 g/mol. The highest BCUT2D eigenvalue weighted by Gasteiger charge is 2.34. The van der Waals surface area contributed by atoms with Crippen LogP contribution in [0.3, 0.4) is 0 Å². The summed E-state index contributed by atoms with van der Waals surface area (Å²) in [6.45, 7) is 2.60. The van der Waals surface area contributed by atoms with Crippen LogP contribution in [0.1, 0.15) is 31.7 Å². The highest BCUT2D eigenvalue weighted by molar-refractivity contribution is 5.82. The molecule has 1 saturated carbocycles. The average Bonchev–Trinajstić information content (AvgIpc) is 3.19. The molecule has 0 aromatic carbocycles. The van der Waals surface area contributed by atoms with Gasteiger partial charge in [0.15, 0.2) is 0 Å². The molecule has 0 bridgehead atoms. The summed E-state index contributed by atoms with van der Waals surface area (Å²) in [6.07, 6.45) is 6.41. The number of amides is 1. The van der Waals surface area contributed by atoms with Gasteiger partial charge in [-0.25, -0.2) is 0 Å². The summed E-state index contributed by atoms with van der Waals surface area (Å²) >= 11 is 0. The molecule has 1 atom stereocenters. The fourth-order valence-corrected chi connectivity index (χ4v) is 1.85. The number of carbonyl (C=O) groups is 1. The number of hydrogen-bond donors (Lipinski definition) is 1. The maximum atomic E-state index is 12.1. The Morgan fingerprint density at radius 3 is 2.71 bits per heavy atom. The summed E-state index contributed by atoms with van der Waals surface area (Å²) in [4.78, 5) is 18.0. The van der Waals surface area contributed by atoms with E-state index >= 15 is 0 Å². The number of aromatic nitrogens is 1. The van der Waals surface area contributed by atoms with Gasteiger partial charge >= 0.3 is 0 Å². The molecule has 1 heterocycles. The summed E-state index contributed by atoms with van der Waals surface area (Å²) in [6, 6.07) is 3.92. The van der Waals surface area contributed by atoms with Crippen molar-refractivity contribution < 1.29 is 4.79 Å². The smallest absolute Gasteiger partial charge is 0.240 e. The lowest BCUT2D eigenvalue weighted by Gasteiger charge is -2.25. The van der Waals surface area contributed by atoms with Gasteiger partial charge in [0.1, 0.15) is 0 Å². The van der Waals surface area contributed by atoms with Crippen LogP contribution in [-0.4, -0.2) is 27.9 Å². The Kier molecular flexibility index (Phi) is 3.74. The molecule has 1 aliphatic rings. The second-order valence-corrected chi connectivity index (χ2v) is 4.57. The van der Waals surface area contributed by atoms with E-state index in [9.17, 15) is 4.79 Å². The minimum atomic E-state index is -0.363. The molecule has 4 nitrogen and oxygen atoms in total. The third-order valence-electron chi connectivity index (χ3n) is 3.13. The van der Waals surface area contributed by atoms with Crippen LogP contribution in [0, 0.1) is 0 Å². The first kappa shape index (κ1) is 12.0.